The van der Waals surface area contributed by atoms with Gasteiger partial charge in [0.25, 0.3) is 0 Å². The third kappa shape index (κ3) is 2.23. The largest absolute Gasteiger partial charge is 0.300 e. The maximum Gasteiger partial charge on any atom is 0.109 e. The summed E-state index contributed by atoms with van der Waals surface area (Å²) in [6, 6.07) is 3.67. The molecule has 1 N–H and O–H groups in total. The fourth-order valence-electron chi connectivity index (χ4n) is 3.10. The molecule has 0 aromatic carbocycles. The molecule has 2 aliphatic rings. The molecule has 3 nitrogen and oxygen atoms in total. The van der Waals surface area contributed by atoms with Crippen LogP contribution in [0.4, 0.5) is 0 Å². The maximum absolute atomic E-state index is 9.47. The molecule has 0 aromatic heterocycles. The topological polar surface area (TPSA) is 39.1 Å². The van der Waals surface area contributed by atoms with Crippen molar-refractivity contribution in [2.75, 3.05) is 13.1 Å². The van der Waals surface area contributed by atoms with Crippen molar-refractivity contribution in [2.24, 2.45) is 0 Å². The van der Waals surface area contributed by atoms with Gasteiger partial charge in [0.05, 0.1) is 6.07 Å². The third-order valence-electron chi connectivity index (χ3n) is 4.26. The first kappa shape index (κ1) is 11.9. The SMILES string of the molecule is CCC(C)NC1(C#N)CCN2CCCC2C1. The number of nitriles is 1. The minimum Gasteiger partial charge on any atom is -0.300 e. The quantitative estimate of drug-likeness (QED) is 0.791. The second-order valence-electron chi connectivity index (χ2n) is 5.43. The lowest BCUT2D eigenvalue weighted by Gasteiger charge is -2.41. The Morgan fingerprint density at radius 1 is 1.56 bits per heavy atom. The van der Waals surface area contributed by atoms with Gasteiger partial charge in [0.1, 0.15) is 5.54 Å². The highest BCUT2D eigenvalue weighted by Gasteiger charge is 2.42. The number of nitrogens with one attached hydrogen (secondary N) is 1. The van der Waals surface area contributed by atoms with Crippen LogP contribution in [0.25, 0.3) is 0 Å². The van der Waals surface area contributed by atoms with Crippen molar-refractivity contribution in [3.05, 3.63) is 0 Å². The molecule has 0 aromatic rings. The van der Waals surface area contributed by atoms with E-state index in [4.69, 9.17) is 0 Å². The number of hydrogen-bond donors (Lipinski definition) is 1. The predicted molar refractivity (Wildman–Crippen MR) is 65.1 cm³/mol. The number of hydrogen-bond acceptors (Lipinski definition) is 3. The summed E-state index contributed by atoms with van der Waals surface area (Å²) < 4.78 is 0. The van der Waals surface area contributed by atoms with Gasteiger partial charge in [-0.15, -0.1) is 0 Å². The molecule has 3 atom stereocenters. The lowest BCUT2D eigenvalue weighted by Crippen LogP contribution is -2.57. The van der Waals surface area contributed by atoms with Gasteiger partial charge in [-0.05, 0) is 45.6 Å². The van der Waals surface area contributed by atoms with Crippen molar-refractivity contribution in [3.8, 4) is 6.07 Å². The van der Waals surface area contributed by atoms with Gasteiger partial charge in [0, 0.05) is 18.6 Å². The van der Waals surface area contributed by atoms with E-state index in [0.717, 1.165) is 25.8 Å². The molecule has 2 aliphatic heterocycles. The Morgan fingerprint density at radius 3 is 3.06 bits per heavy atom. The second kappa shape index (κ2) is 4.73. The van der Waals surface area contributed by atoms with Crippen LogP contribution in [0.1, 0.15) is 46.0 Å². The summed E-state index contributed by atoms with van der Waals surface area (Å²) in [6.07, 6.45) is 5.71. The van der Waals surface area contributed by atoms with Gasteiger partial charge in [-0.2, -0.15) is 5.26 Å². The van der Waals surface area contributed by atoms with Crippen LogP contribution in [0, 0.1) is 11.3 Å². The highest BCUT2D eigenvalue weighted by Crippen LogP contribution is 2.33. The van der Waals surface area contributed by atoms with Gasteiger partial charge in [0.15, 0.2) is 0 Å². The van der Waals surface area contributed by atoms with Gasteiger partial charge in [-0.1, -0.05) is 6.92 Å². The molecule has 0 spiro atoms. The molecule has 2 saturated heterocycles. The van der Waals surface area contributed by atoms with Crippen LogP contribution >= 0.6 is 0 Å². The Bertz CT molecular complexity index is 283. The zero-order valence-corrected chi connectivity index (χ0v) is 10.5. The second-order valence-corrected chi connectivity index (χ2v) is 5.43. The van der Waals surface area contributed by atoms with Crippen molar-refractivity contribution in [1.29, 1.82) is 5.26 Å². The van der Waals surface area contributed by atoms with Gasteiger partial charge in [-0.25, -0.2) is 0 Å². The molecular weight excluding hydrogens is 198 g/mol. The van der Waals surface area contributed by atoms with Crippen LogP contribution in [0.2, 0.25) is 0 Å². The number of fused-ring (bicyclic) bond motifs is 1. The van der Waals surface area contributed by atoms with E-state index in [1.807, 2.05) is 0 Å². The normalized spacial score (nSPS) is 36.7. The predicted octanol–water partition coefficient (Wildman–Crippen LogP) is 1.90. The summed E-state index contributed by atoms with van der Waals surface area (Å²) >= 11 is 0. The lowest BCUT2D eigenvalue weighted by molar-refractivity contribution is 0.129. The van der Waals surface area contributed by atoms with E-state index in [9.17, 15) is 5.26 Å². The average molecular weight is 221 g/mol. The first-order chi connectivity index (χ1) is 7.69. The van der Waals surface area contributed by atoms with E-state index in [-0.39, 0.29) is 5.54 Å². The molecule has 0 radical (unpaired) electrons. The highest BCUT2D eigenvalue weighted by molar-refractivity contribution is 5.13. The van der Waals surface area contributed by atoms with Crippen LogP contribution in [-0.4, -0.2) is 35.6 Å². The van der Waals surface area contributed by atoms with Crippen LogP contribution in [0.15, 0.2) is 0 Å². The molecule has 0 saturated carbocycles. The minimum atomic E-state index is -0.249. The number of nitrogens with zero attached hydrogens (tertiary/aromatic N) is 2. The van der Waals surface area contributed by atoms with Crippen molar-refractivity contribution in [2.45, 2.75) is 63.6 Å². The minimum absolute atomic E-state index is 0.249. The molecule has 16 heavy (non-hydrogen) atoms. The van der Waals surface area contributed by atoms with E-state index in [0.29, 0.717) is 12.1 Å². The fraction of sp³-hybridized carbons (Fsp3) is 0.923. The Labute approximate surface area is 98.8 Å². The van der Waals surface area contributed by atoms with E-state index in [2.05, 4.69) is 30.1 Å². The zero-order chi connectivity index (χ0) is 11.6. The van der Waals surface area contributed by atoms with Crippen LogP contribution in [0.5, 0.6) is 0 Å². The van der Waals surface area contributed by atoms with Crippen LogP contribution in [0.3, 0.4) is 0 Å². The molecule has 2 fully saturated rings. The van der Waals surface area contributed by atoms with Crippen molar-refractivity contribution in [1.82, 2.24) is 10.2 Å². The first-order valence-corrected chi connectivity index (χ1v) is 6.62. The molecule has 90 valence electrons. The Balaban J connectivity index is 2.02. The van der Waals surface area contributed by atoms with Gasteiger partial charge in [-0.3, -0.25) is 5.32 Å². The van der Waals surface area contributed by atoms with Crippen LogP contribution < -0.4 is 5.32 Å². The van der Waals surface area contributed by atoms with E-state index in [1.165, 1.54) is 19.4 Å². The van der Waals surface area contributed by atoms with E-state index >= 15 is 0 Å². The monoisotopic (exact) mass is 221 g/mol. The Kier molecular flexibility index (Phi) is 3.51. The summed E-state index contributed by atoms with van der Waals surface area (Å²) in [7, 11) is 0. The summed E-state index contributed by atoms with van der Waals surface area (Å²) in [5, 5.41) is 13.0. The summed E-state index contributed by atoms with van der Waals surface area (Å²) in [4.78, 5) is 2.56. The molecular formula is C13H23N3. The molecule has 0 bridgehead atoms. The van der Waals surface area contributed by atoms with Gasteiger partial charge < -0.3 is 4.90 Å². The molecule has 3 heteroatoms. The maximum atomic E-state index is 9.47. The van der Waals surface area contributed by atoms with Gasteiger partial charge in [0.2, 0.25) is 0 Å². The zero-order valence-electron chi connectivity index (χ0n) is 10.5. The average Bonchev–Trinajstić information content (AvgIpc) is 2.75. The molecule has 3 unspecified atom stereocenters. The lowest BCUT2D eigenvalue weighted by atomic mass is 9.83. The number of rotatable bonds is 3. The highest BCUT2D eigenvalue weighted by atomic mass is 15.2. The van der Waals surface area contributed by atoms with Gasteiger partial charge >= 0.3 is 0 Å². The Morgan fingerprint density at radius 2 is 2.38 bits per heavy atom. The summed E-state index contributed by atoms with van der Waals surface area (Å²) in [6.45, 7) is 6.70. The van der Waals surface area contributed by atoms with E-state index in [1.54, 1.807) is 0 Å². The Hall–Kier alpha value is -0.590. The fourth-order valence-corrected chi connectivity index (χ4v) is 3.10. The number of piperidine rings is 1. The molecule has 0 aliphatic carbocycles. The standard InChI is InChI=1S/C13H23N3/c1-3-11(2)15-13(10-14)6-8-16-7-4-5-12(16)9-13/h11-12,15H,3-9H2,1-2H3. The third-order valence-corrected chi connectivity index (χ3v) is 4.26. The first-order valence-electron chi connectivity index (χ1n) is 6.62. The van der Waals surface area contributed by atoms with E-state index < -0.39 is 0 Å². The van der Waals surface area contributed by atoms with Crippen molar-refractivity contribution >= 4 is 0 Å². The summed E-state index contributed by atoms with van der Waals surface area (Å²) in [5.41, 5.74) is -0.249. The summed E-state index contributed by atoms with van der Waals surface area (Å²) in [5.74, 6) is 0. The van der Waals surface area contributed by atoms with Crippen molar-refractivity contribution in [3.63, 3.8) is 0 Å². The molecule has 0 amide bonds. The molecule has 2 heterocycles. The molecule has 2 rings (SSSR count). The smallest absolute Gasteiger partial charge is 0.109 e. The van der Waals surface area contributed by atoms with Crippen molar-refractivity contribution < 1.29 is 0 Å². The van der Waals surface area contributed by atoms with Crippen LogP contribution in [-0.2, 0) is 0 Å².